The van der Waals surface area contributed by atoms with Crippen LogP contribution in [-0.4, -0.2) is 80.6 Å². The van der Waals surface area contributed by atoms with Crippen LogP contribution in [-0.2, 0) is 28.6 Å². The Bertz CT molecular complexity index is 1570. The number of esters is 2. The summed E-state index contributed by atoms with van der Waals surface area (Å²) in [4.78, 5) is 37.2. The highest BCUT2D eigenvalue weighted by molar-refractivity contribution is 5.72. The number of aliphatic carboxylic acids is 1. The minimum atomic E-state index is -0.892. The van der Waals surface area contributed by atoms with Gasteiger partial charge in [-0.3, -0.25) is 9.59 Å². The number of carboxylic acids is 1. The number of unbranched alkanes of at least 4 members (excludes halogenated alkanes) is 9. The summed E-state index contributed by atoms with van der Waals surface area (Å²) in [5.74, 6) is -1.57. The highest BCUT2D eigenvalue weighted by Gasteiger charge is 2.31. The van der Waals surface area contributed by atoms with Crippen molar-refractivity contribution in [2.75, 3.05) is 41.0 Å². The Morgan fingerprint density at radius 3 is 1.24 bits per heavy atom. The maximum absolute atomic E-state index is 12.8. The lowest BCUT2D eigenvalue weighted by Crippen LogP contribution is -2.50. The molecule has 0 saturated carbocycles. The molecule has 0 saturated heterocycles. The fourth-order valence-corrected chi connectivity index (χ4v) is 6.76. The number of carbonyl (C=O) groups is 3. The van der Waals surface area contributed by atoms with Gasteiger partial charge in [0, 0.05) is 19.3 Å². The Morgan fingerprint density at radius 2 is 0.824 bits per heavy atom. The van der Waals surface area contributed by atoms with Gasteiger partial charge in [0.1, 0.15) is 6.61 Å². The van der Waals surface area contributed by atoms with Crippen LogP contribution in [0.5, 0.6) is 0 Å². The van der Waals surface area contributed by atoms with Crippen LogP contribution in [0.3, 0.4) is 0 Å². The van der Waals surface area contributed by atoms with Gasteiger partial charge in [-0.15, -0.1) is 0 Å². The average Bonchev–Trinajstić information content (AvgIpc) is 3.30. The van der Waals surface area contributed by atoms with Crippen molar-refractivity contribution in [1.82, 2.24) is 0 Å². The summed E-state index contributed by atoms with van der Waals surface area (Å²) >= 11 is 0. The monoisotopic (exact) mass is 943 g/mol. The van der Waals surface area contributed by atoms with E-state index < -0.39 is 18.1 Å². The van der Waals surface area contributed by atoms with Crippen LogP contribution in [0.1, 0.15) is 174 Å². The molecule has 8 heteroatoms. The molecular formula is C60H96NO7+. The van der Waals surface area contributed by atoms with Gasteiger partial charge in [-0.05, 0) is 116 Å². The maximum atomic E-state index is 12.8. The third-order valence-corrected chi connectivity index (χ3v) is 10.8. The van der Waals surface area contributed by atoms with Crippen LogP contribution in [0.15, 0.2) is 134 Å². The molecule has 2 atom stereocenters. The summed E-state index contributed by atoms with van der Waals surface area (Å²) < 4.78 is 17.3. The van der Waals surface area contributed by atoms with Gasteiger partial charge in [-0.25, -0.2) is 4.79 Å². The fourth-order valence-electron chi connectivity index (χ4n) is 6.76. The molecule has 68 heavy (non-hydrogen) atoms. The summed E-state index contributed by atoms with van der Waals surface area (Å²) in [6.07, 6.45) is 70.7. The first kappa shape index (κ1) is 63.5. The molecule has 2 unspecified atom stereocenters. The van der Waals surface area contributed by atoms with Crippen LogP contribution >= 0.6 is 0 Å². The Balaban J connectivity index is 4.42. The largest absolute Gasteiger partial charge is 0.477 e. The van der Waals surface area contributed by atoms with E-state index >= 15 is 0 Å². The van der Waals surface area contributed by atoms with E-state index in [1.165, 1.54) is 25.7 Å². The maximum Gasteiger partial charge on any atom is 0.362 e. The highest BCUT2D eigenvalue weighted by Crippen LogP contribution is 2.12. The standard InChI is InChI=1S/C60H95NO7/c1-6-8-10-12-14-16-18-20-22-24-26-28-29-31-32-34-36-38-40-42-44-46-48-50-58(62)67-55-56(54-66-53-52-57(60(64)65)61(3,4)5)68-59(63)51-49-47-45-43-41-39-37-35-33-30-27-25-23-21-19-17-15-13-11-9-7-2/h8,10,14-17,20-23,26-28,30-32,35-38,41,43,56-57H,6-7,9,11-13,18-19,24-25,29,33-34,39-40,42,44-55H2,1-5H3/p+1/b10-8+,16-14+,17-15+,22-20+,23-21+,28-26+,30-27+,32-31+,37-35+,38-36+,43-41+. The third-order valence-electron chi connectivity index (χ3n) is 10.8. The second kappa shape index (κ2) is 48.9. The Hall–Kier alpha value is -4.53. The minimum Gasteiger partial charge on any atom is -0.477 e. The molecule has 0 spiro atoms. The first-order chi connectivity index (χ1) is 33.1. The molecule has 0 aromatic carbocycles. The van der Waals surface area contributed by atoms with Crippen molar-refractivity contribution in [3.05, 3.63) is 134 Å². The lowest BCUT2D eigenvalue weighted by atomic mass is 10.1. The topological polar surface area (TPSA) is 99.1 Å². The number of carbonyl (C=O) groups excluding carboxylic acids is 2. The second-order valence-corrected chi connectivity index (χ2v) is 18.0. The molecule has 0 aromatic heterocycles. The van der Waals surface area contributed by atoms with Gasteiger partial charge in [0.05, 0.1) is 34.4 Å². The van der Waals surface area contributed by atoms with Crippen LogP contribution in [0, 0.1) is 0 Å². The van der Waals surface area contributed by atoms with Gasteiger partial charge in [-0.1, -0.05) is 173 Å². The molecule has 1 N–H and O–H groups in total. The number of allylic oxidation sites excluding steroid dienone is 22. The molecule has 0 bridgehead atoms. The smallest absolute Gasteiger partial charge is 0.362 e. The van der Waals surface area contributed by atoms with Gasteiger partial charge in [-0.2, -0.15) is 0 Å². The minimum absolute atomic E-state index is 0.0251. The Morgan fingerprint density at radius 1 is 0.456 bits per heavy atom. The van der Waals surface area contributed by atoms with E-state index in [4.69, 9.17) is 14.2 Å². The van der Waals surface area contributed by atoms with Crippen LogP contribution in [0.4, 0.5) is 0 Å². The van der Waals surface area contributed by atoms with Crippen molar-refractivity contribution in [3.63, 3.8) is 0 Å². The average molecular weight is 943 g/mol. The quantitative estimate of drug-likeness (QED) is 0.0281. The van der Waals surface area contributed by atoms with Crippen LogP contribution in [0.2, 0.25) is 0 Å². The van der Waals surface area contributed by atoms with Crippen molar-refractivity contribution < 1.29 is 38.2 Å². The van der Waals surface area contributed by atoms with Gasteiger partial charge >= 0.3 is 17.9 Å². The molecule has 0 aliphatic rings. The molecule has 8 nitrogen and oxygen atoms in total. The molecule has 0 aliphatic heterocycles. The Kier molecular flexibility index (Phi) is 45.7. The molecule has 382 valence electrons. The highest BCUT2D eigenvalue weighted by atomic mass is 16.6. The summed E-state index contributed by atoms with van der Waals surface area (Å²) in [5, 5.41) is 9.66. The van der Waals surface area contributed by atoms with E-state index in [1.54, 1.807) is 0 Å². The van der Waals surface area contributed by atoms with Gasteiger partial charge in [0.15, 0.2) is 12.1 Å². The lowest BCUT2D eigenvalue weighted by Gasteiger charge is -2.31. The van der Waals surface area contributed by atoms with E-state index in [2.05, 4.69) is 148 Å². The zero-order chi connectivity index (χ0) is 49.9. The molecule has 0 amide bonds. The van der Waals surface area contributed by atoms with Crippen LogP contribution < -0.4 is 0 Å². The fraction of sp³-hybridized carbons (Fsp3) is 0.583. The lowest BCUT2D eigenvalue weighted by molar-refractivity contribution is -0.887. The molecule has 0 rings (SSSR count). The van der Waals surface area contributed by atoms with Crippen molar-refractivity contribution in [1.29, 1.82) is 0 Å². The number of likely N-dealkylation sites (N-methyl/N-ethyl adjacent to an activating group) is 1. The van der Waals surface area contributed by atoms with E-state index in [0.29, 0.717) is 19.3 Å². The van der Waals surface area contributed by atoms with Crippen molar-refractivity contribution in [3.8, 4) is 0 Å². The number of rotatable bonds is 45. The number of hydrogen-bond donors (Lipinski definition) is 1. The van der Waals surface area contributed by atoms with E-state index in [-0.39, 0.29) is 42.7 Å². The number of carboxylic acid groups (broad SMARTS) is 1. The van der Waals surface area contributed by atoms with Crippen molar-refractivity contribution >= 4 is 17.9 Å². The van der Waals surface area contributed by atoms with Gasteiger partial charge in [0.2, 0.25) is 0 Å². The third kappa shape index (κ3) is 46.6. The summed E-state index contributed by atoms with van der Waals surface area (Å²) in [5.41, 5.74) is 0. The number of quaternary nitrogens is 1. The number of ether oxygens (including phenoxy) is 3. The zero-order valence-corrected chi connectivity index (χ0v) is 43.5. The van der Waals surface area contributed by atoms with Gasteiger partial charge < -0.3 is 23.8 Å². The number of hydrogen-bond acceptors (Lipinski definition) is 6. The first-order valence-electron chi connectivity index (χ1n) is 26.2. The summed E-state index contributed by atoms with van der Waals surface area (Å²) in [6, 6.07) is -0.637. The zero-order valence-electron chi connectivity index (χ0n) is 43.5. The van der Waals surface area contributed by atoms with Crippen LogP contribution in [0.25, 0.3) is 0 Å². The molecule has 0 aromatic rings. The molecule has 0 radical (unpaired) electrons. The van der Waals surface area contributed by atoms with E-state index in [0.717, 1.165) is 109 Å². The van der Waals surface area contributed by atoms with E-state index in [9.17, 15) is 19.5 Å². The Labute approximate surface area is 415 Å². The normalized spacial score (nSPS) is 14.0. The summed E-state index contributed by atoms with van der Waals surface area (Å²) in [6.45, 7) is 4.50. The summed E-state index contributed by atoms with van der Waals surface area (Å²) in [7, 11) is 5.50. The SMILES string of the molecule is CC/C=C/C/C=C/C/C=C/C/C=C/C/C=C/C/C=C/CCCCCCC(=O)OCC(COCCC(C(=O)O)[N+](C)(C)C)OC(=O)CCCC/C=C/C/C=C/C/C=C/C/C=C/C/C=C/CCCCC. The van der Waals surface area contributed by atoms with Gasteiger partial charge in [0.25, 0.3) is 0 Å². The number of nitrogens with zero attached hydrogens (tertiary/aromatic N) is 1. The van der Waals surface area contributed by atoms with Crippen molar-refractivity contribution in [2.24, 2.45) is 0 Å². The van der Waals surface area contributed by atoms with E-state index in [1.807, 2.05) is 21.1 Å². The molecular weight excluding hydrogens is 847 g/mol. The molecule has 0 heterocycles. The molecule has 0 fully saturated rings. The molecule has 0 aliphatic carbocycles. The first-order valence-corrected chi connectivity index (χ1v) is 26.2. The predicted octanol–water partition coefficient (Wildman–Crippen LogP) is 15.5. The van der Waals surface area contributed by atoms with Crippen molar-refractivity contribution in [2.45, 2.75) is 187 Å². The predicted molar refractivity (Wildman–Crippen MR) is 288 cm³/mol. The second-order valence-electron chi connectivity index (χ2n) is 18.0.